The second-order valence-electron chi connectivity index (χ2n) is 8.83. The summed E-state index contributed by atoms with van der Waals surface area (Å²) >= 11 is 1.30. The number of hydrogen-bond donors (Lipinski definition) is 1. The van der Waals surface area contributed by atoms with Gasteiger partial charge in [-0.15, -0.1) is 0 Å². The van der Waals surface area contributed by atoms with Gasteiger partial charge in [-0.3, -0.25) is 4.79 Å². The van der Waals surface area contributed by atoms with E-state index in [2.05, 4.69) is 29.4 Å². The molecule has 1 saturated heterocycles. The van der Waals surface area contributed by atoms with E-state index in [1.807, 2.05) is 48.3 Å². The summed E-state index contributed by atoms with van der Waals surface area (Å²) in [5.74, 6) is 2.21. The number of nitrogens with one attached hydrogen (secondary N) is 1. The minimum Gasteiger partial charge on any atom is -0.485 e. The Bertz CT molecular complexity index is 1120. The maximum absolute atomic E-state index is 13.0. The van der Waals surface area contributed by atoms with Crippen molar-refractivity contribution in [2.45, 2.75) is 38.3 Å². The minimum atomic E-state index is 0.0281. The molecule has 3 atom stereocenters. The average molecular weight is 464 g/mol. The summed E-state index contributed by atoms with van der Waals surface area (Å²) in [6.07, 6.45) is 4.56. The Labute approximate surface area is 198 Å². The monoisotopic (exact) mass is 463 g/mol. The van der Waals surface area contributed by atoms with Gasteiger partial charge in [0.1, 0.15) is 22.5 Å². The van der Waals surface area contributed by atoms with Crippen molar-refractivity contribution < 1.29 is 14.3 Å². The third kappa shape index (κ3) is 4.75. The maximum atomic E-state index is 13.0. The van der Waals surface area contributed by atoms with Crippen LogP contribution >= 0.6 is 11.3 Å². The molecule has 172 valence electrons. The number of hydrogen-bond acceptors (Lipinski definition) is 6. The number of fused-ring (bicyclic) bond motifs is 1. The fourth-order valence-corrected chi connectivity index (χ4v) is 5.37. The SMILES string of the molecule is CN[C@H]1CN(C(=O)c2cnc(Oc3ccc4c(c3)CCC(c3ccccc3)O4)s2)CC[C@H]1C. The number of aromatic nitrogens is 1. The molecule has 2 aliphatic rings. The highest BCUT2D eigenvalue weighted by atomic mass is 32.1. The van der Waals surface area contributed by atoms with Crippen LogP contribution in [-0.4, -0.2) is 42.0 Å². The van der Waals surface area contributed by atoms with Crippen LogP contribution in [-0.2, 0) is 6.42 Å². The van der Waals surface area contributed by atoms with Gasteiger partial charge in [-0.2, -0.15) is 0 Å². The third-order valence-corrected chi connectivity index (χ3v) is 7.53. The van der Waals surface area contributed by atoms with Crippen molar-refractivity contribution in [1.82, 2.24) is 15.2 Å². The van der Waals surface area contributed by atoms with Crippen molar-refractivity contribution in [3.05, 3.63) is 70.7 Å². The van der Waals surface area contributed by atoms with Crippen LogP contribution in [0.25, 0.3) is 0 Å². The zero-order valence-electron chi connectivity index (χ0n) is 19.0. The number of benzene rings is 2. The molecule has 6 nitrogen and oxygen atoms in total. The predicted octanol–water partition coefficient (Wildman–Crippen LogP) is 5.07. The lowest BCUT2D eigenvalue weighted by Gasteiger charge is -2.36. The fraction of sp³-hybridized carbons (Fsp3) is 0.385. The summed E-state index contributed by atoms with van der Waals surface area (Å²) < 4.78 is 12.2. The van der Waals surface area contributed by atoms with Crippen molar-refractivity contribution in [1.29, 1.82) is 0 Å². The molecule has 1 fully saturated rings. The van der Waals surface area contributed by atoms with Crippen molar-refractivity contribution in [2.24, 2.45) is 5.92 Å². The Morgan fingerprint density at radius 3 is 2.88 bits per heavy atom. The topological polar surface area (TPSA) is 63.7 Å². The second-order valence-corrected chi connectivity index (χ2v) is 9.82. The lowest BCUT2D eigenvalue weighted by atomic mass is 9.93. The van der Waals surface area contributed by atoms with E-state index in [1.165, 1.54) is 16.9 Å². The Morgan fingerprint density at radius 1 is 1.21 bits per heavy atom. The summed E-state index contributed by atoms with van der Waals surface area (Å²) in [7, 11) is 1.96. The summed E-state index contributed by atoms with van der Waals surface area (Å²) in [6.45, 7) is 3.73. The first kappa shape index (κ1) is 21.9. The molecule has 0 radical (unpaired) electrons. The molecule has 3 aromatic rings. The number of likely N-dealkylation sites (tertiary alicyclic amines) is 1. The largest absolute Gasteiger partial charge is 0.485 e. The first-order valence-corrected chi connectivity index (χ1v) is 12.4. The quantitative estimate of drug-likeness (QED) is 0.572. The molecule has 2 aromatic carbocycles. The maximum Gasteiger partial charge on any atom is 0.279 e. The average Bonchev–Trinajstić information content (AvgIpc) is 3.32. The van der Waals surface area contributed by atoms with Crippen LogP contribution in [0.5, 0.6) is 16.7 Å². The van der Waals surface area contributed by atoms with Crippen molar-refractivity contribution >= 4 is 17.2 Å². The van der Waals surface area contributed by atoms with E-state index in [0.717, 1.165) is 43.7 Å². The van der Waals surface area contributed by atoms with Crippen LogP contribution in [0.4, 0.5) is 0 Å². The van der Waals surface area contributed by atoms with Crippen LogP contribution in [0.3, 0.4) is 0 Å². The number of rotatable bonds is 5. The molecule has 0 spiro atoms. The highest BCUT2D eigenvalue weighted by molar-refractivity contribution is 7.15. The molecule has 1 aromatic heterocycles. The lowest BCUT2D eigenvalue weighted by molar-refractivity contribution is 0.0659. The van der Waals surface area contributed by atoms with Crippen LogP contribution in [0, 0.1) is 5.92 Å². The predicted molar refractivity (Wildman–Crippen MR) is 129 cm³/mol. The van der Waals surface area contributed by atoms with Gasteiger partial charge in [0.15, 0.2) is 0 Å². The van der Waals surface area contributed by atoms with E-state index in [1.54, 1.807) is 6.20 Å². The molecule has 0 bridgehead atoms. The Balaban J connectivity index is 1.24. The number of likely N-dealkylation sites (N-methyl/N-ethyl adjacent to an activating group) is 1. The summed E-state index contributed by atoms with van der Waals surface area (Å²) in [6, 6.07) is 16.5. The van der Waals surface area contributed by atoms with Crippen LogP contribution in [0.2, 0.25) is 0 Å². The molecule has 7 heteroatoms. The van der Waals surface area contributed by atoms with Crippen molar-refractivity contribution in [3.8, 4) is 16.7 Å². The van der Waals surface area contributed by atoms with Gasteiger partial charge in [-0.05, 0) is 61.6 Å². The number of carbonyl (C=O) groups excluding carboxylic acids is 1. The Hall–Kier alpha value is -2.90. The summed E-state index contributed by atoms with van der Waals surface area (Å²) in [5, 5.41) is 3.80. The van der Waals surface area contributed by atoms with Crippen LogP contribution in [0.1, 0.15) is 46.7 Å². The van der Waals surface area contributed by atoms with E-state index in [0.29, 0.717) is 27.8 Å². The zero-order chi connectivity index (χ0) is 22.8. The van der Waals surface area contributed by atoms with E-state index >= 15 is 0 Å². The number of ether oxygens (including phenoxy) is 2. The number of carbonyl (C=O) groups is 1. The third-order valence-electron chi connectivity index (χ3n) is 6.67. The van der Waals surface area contributed by atoms with E-state index < -0.39 is 0 Å². The molecular formula is C26H29N3O3S. The molecule has 1 amide bonds. The van der Waals surface area contributed by atoms with Gasteiger partial charge in [-0.25, -0.2) is 4.98 Å². The zero-order valence-corrected chi connectivity index (χ0v) is 19.8. The molecule has 2 aliphatic heterocycles. The van der Waals surface area contributed by atoms with Gasteiger partial charge < -0.3 is 19.7 Å². The van der Waals surface area contributed by atoms with Gasteiger partial charge in [-0.1, -0.05) is 48.6 Å². The van der Waals surface area contributed by atoms with Gasteiger partial charge in [0.05, 0.1) is 6.20 Å². The van der Waals surface area contributed by atoms with E-state index in [4.69, 9.17) is 9.47 Å². The first-order chi connectivity index (χ1) is 16.1. The highest BCUT2D eigenvalue weighted by Gasteiger charge is 2.29. The van der Waals surface area contributed by atoms with Gasteiger partial charge in [0.2, 0.25) is 0 Å². The number of amides is 1. The number of thiazole rings is 1. The number of aryl methyl sites for hydroxylation is 1. The minimum absolute atomic E-state index is 0.0281. The molecule has 1 unspecified atom stereocenters. The highest BCUT2D eigenvalue weighted by Crippen LogP contribution is 2.38. The second kappa shape index (κ2) is 9.53. The fourth-order valence-electron chi connectivity index (χ4n) is 4.62. The Kier molecular flexibility index (Phi) is 6.33. The molecule has 33 heavy (non-hydrogen) atoms. The molecular weight excluding hydrogens is 434 g/mol. The lowest BCUT2D eigenvalue weighted by Crippen LogP contribution is -2.50. The number of piperidine rings is 1. The normalized spacial score (nSPS) is 22.4. The van der Waals surface area contributed by atoms with Crippen molar-refractivity contribution in [2.75, 3.05) is 20.1 Å². The smallest absolute Gasteiger partial charge is 0.279 e. The number of nitrogens with zero attached hydrogens (tertiary/aromatic N) is 2. The standard InChI is InChI=1S/C26H29N3O3S/c1-17-12-13-29(16-21(17)27-2)25(30)24-15-28-26(33-24)31-20-9-11-23-19(14-20)8-10-22(32-23)18-6-4-3-5-7-18/h3-7,9,11,14-15,17,21-22,27H,8,10,12-13,16H2,1-2H3/t17-,21+,22?/m1/s1. The molecule has 0 aliphatic carbocycles. The van der Waals surface area contributed by atoms with Gasteiger partial charge in [0, 0.05) is 19.1 Å². The Morgan fingerprint density at radius 2 is 2.06 bits per heavy atom. The first-order valence-electron chi connectivity index (χ1n) is 11.6. The molecule has 1 N–H and O–H groups in total. The summed E-state index contributed by atoms with van der Waals surface area (Å²) in [5.41, 5.74) is 2.33. The van der Waals surface area contributed by atoms with E-state index in [9.17, 15) is 4.79 Å². The molecule has 5 rings (SSSR count). The van der Waals surface area contributed by atoms with Crippen molar-refractivity contribution in [3.63, 3.8) is 0 Å². The van der Waals surface area contributed by atoms with Gasteiger partial charge >= 0.3 is 0 Å². The van der Waals surface area contributed by atoms with Crippen LogP contribution < -0.4 is 14.8 Å². The van der Waals surface area contributed by atoms with Crippen LogP contribution in [0.15, 0.2) is 54.7 Å². The van der Waals surface area contributed by atoms with Gasteiger partial charge in [0.25, 0.3) is 11.1 Å². The molecule has 3 heterocycles. The van der Waals surface area contributed by atoms with E-state index in [-0.39, 0.29) is 12.0 Å². The summed E-state index contributed by atoms with van der Waals surface area (Å²) in [4.78, 5) is 19.8. The molecule has 0 saturated carbocycles.